The van der Waals surface area contributed by atoms with Crippen LogP contribution in [0.5, 0.6) is 5.75 Å². The first-order chi connectivity index (χ1) is 15.1. The maximum Gasteiger partial charge on any atom is 0.277 e. The minimum atomic E-state index is -0.228. The zero-order valence-corrected chi connectivity index (χ0v) is 17.2. The van der Waals surface area contributed by atoms with Gasteiger partial charge in [-0.15, -0.1) is 5.10 Å². The molecule has 1 N–H and O–H groups in total. The van der Waals surface area contributed by atoms with Crippen LogP contribution in [0, 0.1) is 0 Å². The van der Waals surface area contributed by atoms with Crippen LogP contribution >= 0.6 is 0 Å². The number of methoxy groups -OCH3 is 1. The molecule has 3 aromatic rings. The fourth-order valence-electron chi connectivity index (χ4n) is 3.65. The Morgan fingerprint density at radius 3 is 2.81 bits per heavy atom. The number of rotatable bonds is 7. The van der Waals surface area contributed by atoms with Crippen molar-refractivity contribution >= 4 is 34.1 Å². The van der Waals surface area contributed by atoms with Crippen LogP contribution in [0.25, 0.3) is 10.9 Å². The van der Waals surface area contributed by atoms with Gasteiger partial charge in [-0.25, -0.2) is 4.68 Å². The van der Waals surface area contributed by atoms with Crippen molar-refractivity contribution in [1.82, 2.24) is 15.0 Å². The standard InChI is InChI=1S/C22H23N5O4/c1-31-15-10-11-19(26-12-5-9-21(26)29)18(14-15)23-20(28)8-4-13-27-22(30)16-6-2-3-7-17(16)24-25-27/h2-3,6-7,10-11,14H,4-5,8-9,12-13H2,1H3,(H,23,28). The zero-order valence-electron chi connectivity index (χ0n) is 17.2. The third-order valence-corrected chi connectivity index (χ3v) is 5.25. The molecule has 2 amide bonds. The van der Waals surface area contributed by atoms with E-state index in [2.05, 4.69) is 15.6 Å². The van der Waals surface area contributed by atoms with E-state index in [9.17, 15) is 14.4 Å². The van der Waals surface area contributed by atoms with Crippen molar-refractivity contribution in [3.63, 3.8) is 0 Å². The molecule has 4 rings (SSSR count). The normalized spacial score (nSPS) is 13.6. The van der Waals surface area contributed by atoms with Gasteiger partial charge in [0.05, 0.1) is 23.9 Å². The van der Waals surface area contributed by atoms with Gasteiger partial charge in [0.1, 0.15) is 11.3 Å². The van der Waals surface area contributed by atoms with E-state index in [0.717, 1.165) is 6.42 Å². The van der Waals surface area contributed by atoms with Gasteiger partial charge in [0, 0.05) is 32.0 Å². The van der Waals surface area contributed by atoms with E-state index in [1.807, 2.05) is 0 Å². The van der Waals surface area contributed by atoms with Gasteiger partial charge in [-0.3, -0.25) is 14.4 Å². The Hall–Kier alpha value is -3.75. The maximum atomic E-state index is 12.6. The predicted octanol–water partition coefficient (Wildman–Crippen LogP) is 2.35. The Labute approximate surface area is 178 Å². The molecule has 1 aromatic heterocycles. The number of nitrogens with one attached hydrogen (secondary N) is 1. The molecular formula is C22H23N5O4. The summed E-state index contributed by atoms with van der Waals surface area (Å²) in [6, 6.07) is 12.3. The lowest BCUT2D eigenvalue weighted by Crippen LogP contribution is -2.26. The number of anilines is 2. The second-order valence-corrected chi connectivity index (χ2v) is 7.32. The van der Waals surface area contributed by atoms with E-state index in [0.29, 0.717) is 47.4 Å². The predicted molar refractivity (Wildman–Crippen MR) is 116 cm³/mol. The highest BCUT2D eigenvalue weighted by Gasteiger charge is 2.24. The molecule has 0 spiro atoms. The van der Waals surface area contributed by atoms with Gasteiger partial charge in [0.2, 0.25) is 11.8 Å². The van der Waals surface area contributed by atoms with Gasteiger partial charge in [-0.1, -0.05) is 17.3 Å². The number of nitrogens with zero attached hydrogens (tertiary/aromatic N) is 4. The van der Waals surface area contributed by atoms with Crippen molar-refractivity contribution in [3.8, 4) is 5.75 Å². The Morgan fingerprint density at radius 1 is 1.19 bits per heavy atom. The van der Waals surface area contributed by atoms with Crippen LogP contribution in [0.1, 0.15) is 25.7 Å². The van der Waals surface area contributed by atoms with Crippen LogP contribution in [-0.4, -0.2) is 40.5 Å². The molecule has 9 heteroatoms. The lowest BCUT2D eigenvalue weighted by Gasteiger charge is -2.20. The fraction of sp³-hybridized carbons (Fsp3) is 0.318. The summed E-state index contributed by atoms with van der Waals surface area (Å²) < 4.78 is 6.53. The van der Waals surface area contributed by atoms with Gasteiger partial charge < -0.3 is 15.0 Å². The molecule has 31 heavy (non-hydrogen) atoms. The molecule has 1 fully saturated rings. The van der Waals surface area contributed by atoms with E-state index in [-0.39, 0.29) is 30.3 Å². The van der Waals surface area contributed by atoms with Crippen molar-refractivity contribution < 1.29 is 14.3 Å². The van der Waals surface area contributed by atoms with Crippen LogP contribution in [0.15, 0.2) is 47.3 Å². The Kier molecular flexibility index (Phi) is 5.92. The second-order valence-electron chi connectivity index (χ2n) is 7.32. The minimum absolute atomic E-state index is 0.0370. The van der Waals surface area contributed by atoms with Gasteiger partial charge in [-0.05, 0) is 37.1 Å². The highest BCUT2D eigenvalue weighted by molar-refractivity contribution is 6.02. The van der Waals surface area contributed by atoms with Gasteiger partial charge in [0.25, 0.3) is 5.56 Å². The van der Waals surface area contributed by atoms with E-state index < -0.39 is 0 Å². The summed E-state index contributed by atoms with van der Waals surface area (Å²) in [6.07, 6.45) is 1.90. The Morgan fingerprint density at radius 2 is 2.03 bits per heavy atom. The Balaban J connectivity index is 1.43. The lowest BCUT2D eigenvalue weighted by molar-refractivity contribution is -0.117. The summed E-state index contributed by atoms with van der Waals surface area (Å²) in [4.78, 5) is 38.9. The first-order valence-electron chi connectivity index (χ1n) is 10.2. The number of hydrogen-bond donors (Lipinski definition) is 1. The average molecular weight is 421 g/mol. The molecule has 1 aliphatic rings. The molecule has 2 heterocycles. The van der Waals surface area contributed by atoms with E-state index in [1.165, 1.54) is 4.68 Å². The third-order valence-electron chi connectivity index (χ3n) is 5.25. The zero-order chi connectivity index (χ0) is 21.8. The molecular weight excluding hydrogens is 398 g/mol. The topological polar surface area (TPSA) is 106 Å². The van der Waals surface area contributed by atoms with Crippen molar-refractivity contribution in [3.05, 3.63) is 52.8 Å². The van der Waals surface area contributed by atoms with Gasteiger partial charge >= 0.3 is 0 Å². The lowest BCUT2D eigenvalue weighted by atomic mass is 10.2. The minimum Gasteiger partial charge on any atom is -0.497 e. The van der Waals surface area contributed by atoms with E-state index in [1.54, 1.807) is 54.5 Å². The van der Waals surface area contributed by atoms with Crippen LogP contribution in [0.3, 0.4) is 0 Å². The SMILES string of the molecule is COc1ccc(N2CCCC2=O)c(NC(=O)CCCn2nnc3ccccc3c2=O)c1. The monoisotopic (exact) mass is 421 g/mol. The first kappa shape index (κ1) is 20.5. The third kappa shape index (κ3) is 4.40. The highest BCUT2D eigenvalue weighted by atomic mass is 16.5. The number of benzene rings is 2. The molecule has 0 aliphatic carbocycles. The molecule has 1 aliphatic heterocycles. The number of fused-ring (bicyclic) bond motifs is 1. The number of amides is 2. The van der Waals surface area contributed by atoms with Crippen LogP contribution < -0.4 is 20.5 Å². The molecule has 0 saturated carbocycles. The van der Waals surface area contributed by atoms with Gasteiger partial charge in [0.15, 0.2) is 0 Å². The molecule has 2 aromatic carbocycles. The number of carbonyl (C=O) groups is 2. The summed E-state index contributed by atoms with van der Waals surface area (Å²) in [5, 5.41) is 11.4. The van der Waals surface area contributed by atoms with Crippen LogP contribution in [-0.2, 0) is 16.1 Å². The van der Waals surface area contributed by atoms with Crippen LogP contribution in [0.4, 0.5) is 11.4 Å². The number of aryl methyl sites for hydroxylation is 1. The summed E-state index contributed by atoms with van der Waals surface area (Å²) in [5.41, 5.74) is 1.51. The highest BCUT2D eigenvalue weighted by Crippen LogP contribution is 2.33. The van der Waals surface area contributed by atoms with Crippen molar-refractivity contribution in [2.75, 3.05) is 23.9 Å². The Bertz CT molecular complexity index is 1190. The smallest absolute Gasteiger partial charge is 0.277 e. The first-order valence-corrected chi connectivity index (χ1v) is 10.2. The van der Waals surface area contributed by atoms with E-state index in [4.69, 9.17) is 4.74 Å². The number of aromatic nitrogens is 3. The van der Waals surface area contributed by atoms with Crippen molar-refractivity contribution in [2.24, 2.45) is 0 Å². The average Bonchev–Trinajstić information content (AvgIpc) is 3.21. The summed E-state index contributed by atoms with van der Waals surface area (Å²) in [7, 11) is 1.55. The second kappa shape index (κ2) is 8.95. The fourth-order valence-corrected chi connectivity index (χ4v) is 3.65. The molecule has 0 unspecified atom stereocenters. The number of carbonyl (C=O) groups excluding carboxylic acids is 2. The largest absolute Gasteiger partial charge is 0.497 e. The summed E-state index contributed by atoms with van der Waals surface area (Å²) in [6.45, 7) is 0.900. The molecule has 0 bridgehead atoms. The number of ether oxygens (including phenoxy) is 1. The molecule has 0 radical (unpaired) electrons. The summed E-state index contributed by atoms with van der Waals surface area (Å²) >= 11 is 0. The van der Waals surface area contributed by atoms with Crippen molar-refractivity contribution in [1.29, 1.82) is 0 Å². The van der Waals surface area contributed by atoms with E-state index >= 15 is 0 Å². The summed E-state index contributed by atoms with van der Waals surface area (Å²) in [5.74, 6) is 0.404. The van der Waals surface area contributed by atoms with Gasteiger partial charge in [-0.2, -0.15) is 0 Å². The maximum absolute atomic E-state index is 12.6. The number of hydrogen-bond acceptors (Lipinski definition) is 6. The molecule has 1 saturated heterocycles. The quantitative estimate of drug-likeness (QED) is 0.628. The van der Waals surface area contributed by atoms with Crippen molar-refractivity contribution in [2.45, 2.75) is 32.2 Å². The molecule has 160 valence electrons. The van der Waals surface area contributed by atoms with Crippen LogP contribution in [0.2, 0.25) is 0 Å². The molecule has 0 atom stereocenters. The molecule has 9 nitrogen and oxygen atoms in total.